The Kier molecular flexibility index (Phi) is 5.29. The number of hydrogen-bond donors (Lipinski definition) is 1. The molecular formula is C7H5KN2O2. The molecule has 1 aromatic rings. The van der Waals surface area contributed by atoms with Gasteiger partial charge in [0.25, 0.3) is 0 Å². The van der Waals surface area contributed by atoms with Gasteiger partial charge in [0.1, 0.15) is 6.07 Å². The Bertz CT molecular complexity index is 338. The Labute approximate surface area is 113 Å². The van der Waals surface area contributed by atoms with Gasteiger partial charge in [0.05, 0.1) is 5.56 Å². The van der Waals surface area contributed by atoms with E-state index in [-0.39, 0.29) is 64.1 Å². The number of nitriles is 1. The zero-order valence-corrected chi connectivity index (χ0v) is 9.61. The van der Waals surface area contributed by atoms with Gasteiger partial charge >= 0.3 is 57.4 Å². The van der Waals surface area contributed by atoms with Gasteiger partial charge in [0.2, 0.25) is 0 Å². The van der Waals surface area contributed by atoms with Crippen molar-refractivity contribution in [1.82, 2.24) is 4.98 Å². The predicted octanol–water partition coefficient (Wildman–Crippen LogP) is -2.23. The quantitative estimate of drug-likeness (QED) is 0.506. The van der Waals surface area contributed by atoms with Crippen LogP contribution >= 0.6 is 0 Å². The molecule has 0 aliphatic rings. The van der Waals surface area contributed by atoms with Crippen LogP contribution in [0.2, 0.25) is 0 Å². The summed E-state index contributed by atoms with van der Waals surface area (Å²) in [7, 11) is 0. The van der Waals surface area contributed by atoms with Crippen molar-refractivity contribution in [1.29, 1.82) is 5.26 Å². The van der Waals surface area contributed by atoms with Gasteiger partial charge in [0, 0.05) is 6.20 Å². The Morgan fingerprint density at radius 1 is 1.75 bits per heavy atom. The van der Waals surface area contributed by atoms with Crippen LogP contribution in [-0.4, -0.2) is 16.1 Å². The van der Waals surface area contributed by atoms with Crippen molar-refractivity contribution in [2.45, 2.75) is 0 Å². The normalized spacial score (nSPS) is 7.92. The van der Waals surface area contributed by atoms with E-state index in [1.165, 1.54) is 18.3 Å². The van der Waals surface area contributed by atoms with Crippen LogP contribution in [0.1, 0.15) is 17.5 Å². The summed E-state index contributed by atoms with van der Waals surface area (Å²) in [5.41, 5.74) is -0.116. The Morgan fingerprint density at radius 2 is 2.42 bits per heavy atom. The summed E-state index contributed by atoms with van der Waals surface area (Å²) in [5.74, 6) is -1.13. The number of carboxylic acid groups (broad SMARTS) is 1. The molecule has 0 saturated heterocycles. The van der Waals surface area contributed by atoms with Crippen molar-refractivity contribution in [3.63, 3.8) is 0 Å². The summed E-state index contributed by atoms with van der Waals surface area (Å²) < 4.78 is 0. The fourth-order valence-corrected chi connectivity index (χ4v) is 0.667. The zero-order chi connectivity index (χ0) is 8.27. The van der Waals surface area contributed by atoms with Crippen LogP contribution in [0, 0.1) is 11.3 Å². The van der Waals surface area contributed by atoms with Gasteiger partial charge in [-0.2, -0.15) is 5.26 Å². The molecule has 1 aromatic heterocycles. The van der Waals surface area contributed by atoms with E-state index in [0.29, 0.717) is 0 Å². The average molecular weight is 188 g/mol. The smallest absolute Gasteiger partial charge is 1.00 e. The zero-order valence-electron chi connectivity index (χ0n) is 7.48. The second-order valence-electron chi connectivity index (χ2n) is 1.82. The topological polar surface area (TPSA) is 74.0 Å². The molecule has 1 N–H and O–H groups in total. The van der Waals surface area contributed by atoms with Crippen molar-refractivity contribution in [3.05, 3.63) is 29.6 Å². The van der Waals surface area contributed by atoms with Gasteiger partial charge < -0.3 is 6.53 Å². The summed E-state index contributed by atoms with van der Waals surface area (Å²) in [6.07, 6.45) is 1.38. The molecule has 0 radical (unpaired) electrons. The Hall–Kier alpha value is -0.254. The molecular weight excluding hydrogens is 183 g/mol. The van der Waals surface area contributed by atoms with Crippen LogP contribution in [0.3, 0.4) is 0 Å². The van der Waals surface area contributed by atoms with Gasteiger partial charge in [-0.05, 0) is 12.1 Å². The molecule has 0 unspecified atom stereocenters. The number of carbonyl (C=O) groups is 1. The minimum atomic E-state index is -1.13. The van der Waals surface area contributed by atoms with Gasteiger partial charge in [-0.15, -0.1) is 0 Å². The number of carboxylic acids is 1. The van der Waals surface area contributed by atoms with Crippen molar-refractivity contribution >= 4 is 5.97 Å². The number of aromatic nitrogens is 1. The van der Waals surface area contributed by atoms with Crippen LogP contribution in [0.5, 0.6) is 0 Å². The van der Waals surface area contributed by atoms with Gasteiger partial charge in [-0.3, -0.25) is 0 Å². The summed E-state index contributed by atoms with van der Waals surface area (Å²) in [6.45, 7) is 0. The second-order valence-corrected chi connectivity index (χ2v) is 1.82. The molecule has 0 aliphatic carbocycles. The van der Waals surface area contributed by atoms with Crippen molar-refractivity contribution in [3.8, 4) is 6.07 Å². The third-order valence-corrected chi connectivity index (χ3v) is 1.14. The summed E-state index contributed by atoms with van der Waals surface area (Å²) in [5, 5.41) is 16.9. The number of pyridine rings is 1. The maximum atomic E-state index is 10.4. The van der Waals surface area contributed by atoms with E-state index in [4.69, 9.17) is 10.4 Å². The third-order valence-electron chi connectivity index (χ3n) is 1.14. The molecule has 1 rings (SSSR count). The van der Waals surface area contributed by atoms with Crippen LogP contribution in [-0.2, 0) is 0 Å². The van der Waals surface area contributed by atoms with E-state index in [1.807, 2.05) is 0 Å². The van der Waals surface area contributed by atoms with Crippen molar-refractivity contribution in [2.24, 2.45) is 0 Å². The average Bonchev–Trinajstić information content (AvgIpc) is 2.04. The molecule has 0 bridgehead atoms. The van der Waals surface area contributed by atoms with Crippen LogP contribution < -0.4 is 51.4 Å². The summed E-state index contributed by atoms with van der Waals surface area (Å²) in [6, 6.07) is 4.50. The second kappa shape index (κ2) is 5.40. The molecule has 0 aliphatic heterocycles. The van der Waals surface area contributed by atoms with Crippen LogP contribution in [0.4, 0.5) is 0 Å². The number of rotatable bonds is 1. The van der Waals surface area contributed by atoms with Gasteiger partial charge in [-0.25, -0.2) is 9.78 Å². The molecule has 0 aromatic carbocycles. The molecule has 0 spiro atoms. The Morgan fingerprint density at radius 3 is 2.83 bits per heavy atom. The Balaban J connectivity index is 0. The van der Waals surface area contributed by atoms with E-state index in [2.05, 4.69) is 4.98 Å². The molecule has 5 heteroatoms. The maximum absolute atomic E-state index is 10.4. The summed E-state index contributed by atoms with van der Waals surface area (Å²) >= 11 is 0. The molecule has 1 heterocycles. The van der Waals surface area contributed by atoms with Crippen molar-refractivity contribution in [2.75, 3.05) is 0 Å². The number of nitrogens with zero attached hydrogens (tertiary/aromatic N) is 2. The first-order valence-corrected chi connectivity index (χ1v) is 2.84. The maximum Gasteiger partial charge on any atom is 1.00 e. The molecule has 12 heavy (non-hydrogen) atoms. The molecule has 4 nitrogen and oxygen atoms in total. The van der Waals surface area contributed by atoms with E-state index in [9.17, 15) is 4.79 Å². The minimum absolute atomic E-state index is 0. The third kappa shape index (κ3) is 2.66. The van der Waals surface area contributed by atoms with Crippen LogP contribution in [0.15, 0.2) is 18.3 Å². The fourth-order valence-electron chi connectivity index (χ4n) is 0.667. The van der Waals surface area contributed by atoms with Crippen molar-refractivity contribution < 1.29 is 62.7 Å². The molecule has 0 fully saturated rings. The van der Waals surface area contributed by atoms with Gasteiger partial charge in [-0.1, -0.05) is 0 Å². The van der Waals surface area contributed by atoms with Gasteiger partial charge in [0.15, 0.2) is 5.69 Å². The van der Waals surface area contributed by atoms with E-state index >= 15 is 0 Å². The van der Waals surface area contributed by atoms with E-state index in [1.54, 1.807) is 6.07 Å². The number of hydrogen-bond acceptors (Lipinski definition) is 3. The molecule has 0 atom stereocenters. The largest absolute Gasteiger partial charge is 1.00 e. The standard InChI is InChI=1S/C7H4N2O2.K.H/c8-4-6-5(7(10)11)2-1-3-9-6;;/h1-3H,(H,10,11);;/q;+1;-1. The summed E-state index contributed by atoms with van der Waals surface area (Å²) in [4.78, 5) is 14.0. The fraction of sp³-hybridized carbons (Fsp3) is 0. The minimum Gasteiger partial charge on any atom is -1.00 e. The SMILES string of the molecule is N#Cc1ncccc1C(=O)O.[H-].[K+]. The first-order valence-electron chi connectivity index (χ1n) is 2.84. The first-order chi connectivity index (χ1) is 5.25. The predicted molar refractivity (Wildman–Crippen MR) is 37.0 cm³/mol. The molecule has 0 amide bonds. The van der Waals surface area contributed by atoms with E-state index < -0.39 is 5.97 Å². The molecule has 56 valence electrons. The monoisotopic (exact) mass is 188 g/mol. The van der Waals surface area contributed by atoms with E-state index in [0.717, 1.165) is 0 Å². The van der Waals surface area contributed by atoms with Crippen LogP contribution in [0.25, 0.3) is 0 Å². The number of aromatic carboxylic acids is 1. The molecule has 0 saturated carbocycles. The first kappa shape index (κ1) is 11.7.